The molecule has 0 unspecified atom stereocenters. The van der Waals surface area contributed by atoms with Crippen LogP contribution in [0.4, 0.5) is 9.59 Å². The molecule has 0 heterocycles. The molecule has 2 aromatic rings. The predicted molar refractivity (Wildman–Crippen MR) is 227 cm³/mol. The normalized spacial score (nSPS) is 22.4. The van der Waals surface area contributed by atoms with Crippen molar-refractivity contribution < 1.29 is 28.7 Å². The molecule has 0 aromatic heterocycles. The number of nitrogens with zero attached hydrogens (tertiary/aromatic N) is 3. The third kappa shape index (κ3) is 16.7. The Morgan fingerprint density at radius 1 is 0.614 bits per heavy atom. The number of hydrogen-bond donors (Lipinski definition) is 3. The standard InChI is InChI=1S/C23H37N3O3.C22H35N3O3/c1-16-9-8-10-17(13-16)18-11-12-19(24-22(28)29-23(2,3)4)20(14-18)26(7)21(27)15-25(5)6;1-15-8-7-9-16(12-15)17-10-11-18(24-21(27)28-22(2,3)4)19(13-17)23-20(26)14-25(5)6/h8-10,13,18-20H,11-12,14-15H2,1-7H3,(H,24,28);7-9,12,17-19H,10-11,13-14H2,1-6H3,(H,23,26)(H,24,27)/t18-,19-,20-;17-,18-,19-/m00/s1. The lowest BCUT2D eigenvalue weighted by atomic mass is 9.78. The maximum Gasteiger partial charge on any atom is 0.407 e. The number of amides is 4. The smallest absolute Gasteiger partial charge is 0.407 e. The Kier molecular flexibility index (Phi) is 17.4. The monoisotopic (exact) mass is 793 g/mol. The van der Waals surface area contributed by atoms with Gasteiger partial charge in [-0.15, -0.1) is 0 Å². The van der Waals surface area contributed by atoms with Crippen molar-refractivity contribution in [3.8, 4) is 0 Å². The van der Waals surface area contributed by atoms with Crippen molar-refractivity contribution in [1.29, 1.82) is 0 Å². The topological polar surface area (TPSA) is 133 Å². The molecule has 2 aliphatic carbocycles. The second-order valence-corrected chi connectivity index (χ2v) is 18.6. The first-order valence-corrected chi connectivity index (χ1v) is 20.5. The Balaban J connectivity index is 0.000000306. The van der Waals surface area contributed by atoms with Crippen molar-refractivity contribution in [2.24, 2.45) is 0 Å². The van der Waals surface area contributed by atoms with Gasteiger partial charge in [0.15, 0.2) is 0 Å². The molecular weight excluding hydrogens is 721 g/mol. The summed E-state index contributed by atoms with van der Waals surface area (Å²) < 4.78 is 10.9. The van der Waals surface area contributed by atoms with E-state index >= 15 is 0 Å². The van der Waals surface area contributed by atoms with Crippen LogP contribution in [0.2, 0.25) is 0 Å². The van der Waals surface area contributed by atoms with E-state index in [1.165, 1.54) is 22.3 Å². The van der Waals surface area contributed by atoms with Gasteiger partial charge in [-0.2, -0.15) is 0 Å². The molecule has 4 amide bonds. The minimum atomic E-state index is -0.551. The lowest BCUT2D eigenvalue weighted by Crippen LogP contribution is -2.56. The van der Waals surface area contributed by atoms with E-state index in [2.05, 4.69) is 78.3 Å². The average Bonchev–Trinajstić information content (AvgIpc) is 3.07. The summed E-state index contributed by atoms with van der Waals surface area (Å²) in [6.45, 7) is 16.0. The molecule has 2 aliphatic rings. The summed E-state index contributed by atoms with van der Waals surface area (Å²) in [4.78, 5) is 55.3. The fourth-order valence-corrected chi connectivity index (χ4v) is 7.72. The quantitative estimate of drug-likeness (QED) is 0.241. The van der Waals surface area contributed by atoms with Crippen molar-refractivity contribution in [2.75, 3.05) is 48.3 Å². The Labute approximate surface area is 342 Å². The number of likely N-dealkylation sites (N-methyl/N-ethyl adjacent to an activating group) is 3. The van der Waals surface area contributed by atoms with Crippen molar-refractivity contribution >= 4 is 24.0 Å². The van der Waals surface area contributed by atoms with Gasteiger partial charge in [0.25, 0.3) is 0 Å². The molecule has 0 spiro atoms. The molecule has 2 saturated carbocycles. The lowest BCUT2D eigenvalue weighted by molar-refractivity contribution is -0.134. The zero-order chi connectivity index (χ0) is 42.7. The van der Waals surface area contributed by atoms with Gasteiger partial charge in [-0.1, -0.05) is 59.7 Å². The molecule has 12 nitrogen and oxygen atoms in total. The summed E-state index contributed by atoms with van der Waals surface area (Å²) in [7, 11) is 9.36. The van der Waals surface area contributed by atoms with Gasteiger partial charge in [0.2, 0.25) is 11.8 Å². The van der Waals surface area contributed by atoms with Crippen LogP contribution in [-0.2, 0) is 19.1 Å². The molecule has 0 bridgehead atoms. The first-order valence-electron chi connectivity index (χ1n) is 20.5. The summed E-state index contributed by atoms with van der Waals surface area (Å²) in [5, 5.41) is 9.14. The first kappa shape index (κ1) is 47.2. The number of ether oxygens (including phenoxy) is 2. The molecular formula is C45H72N6O6. The molecule has 0 aliphatic heterocycles. The number of alkyl carbamates (subject to hydrolysis) is 2. The fourth-order valence-electron chi connectivity index (χ4n) is 7.72. The van der Waals surface area contributed by atoms with Crippen molar-refractivity contribution in [1.82, 2.24) is 30.7 Å². The average molecular weight is 793 g/mol. The molecule has 318 valence electrons. The molecule has 0 saturated heterocycles. The zero-order valence-electron chi connectivity index (χ0n) is 37.0. The van der Waals surface area contributed by atoms with Gasteiger partial charge in [-0.25, -0.2) is 9.59 Å². The van der Waals surface area contributed by atoms with Crippen LogP contribution in [0.15, 0.2) is 48.5 Å². The van der Waals surface area contributed by atoms with Gasteiger partial charge in [-0.3, -0.25) is 9.59 Å². The van der Waals surface area contributed by atoms with E-state index in [4.69, 9.17) is 9.47 Å². The molecule has 2 fully saturated rings. The highest BCUT2D eigenvalue weighted by molar-refractivity contribution is 5.79. The van der Waals surface area contributed by atoms with Gasteiger partial charge in [0, 0.05) is 13.1 Å². The summed E-state index contributed by atoms with van der Waals surface area (Å²) in [5.41, 5.74) is 3.98. The van der Waals surface area contributed by atoms with E-state index in [9.17, 15) is 19.2 Å². The third-order valence-corrected chi connectivity index (χ3v) is 10.2. The van der Waals surface area contributed by atoms with Crippen LogP contribution >= 0.6 is 0 Å². The molecule has 2 aromatic carbocycles. The van der Waals surface area contributed by atoms with Crippen LogP contribution in [0, 0.1) is 13.8 Å². The highest BCUT2D eigenvalue weighted by Crippen LogP contribution is 2.36. The largest absolute Gasteiger partial charge is 0.444 e. The summed E-state index contributed by atoms with van der Waals surface area (Å²) in [6, 6.07) is 16.7. The maximum absolute atomic E-state index is 12.8. The molecule has 4 rings (SSSR count). The summed E-state index contributed by atoms with van der Waals surface area (Å²) in [5.74, 6) is 0.754. The number of carbonyl (C=O) groups excluding carboxylic acids is 4. The Morgan fingerprint density at radius 3 is 1.53 bits per heavy atom. The van der Waals surface area contributed by atoms with Gasteiger partial charge in [0.1, 0.15) is 11.2 Å². The highest BCUT2D eigenvalue weighted by atomic mass is 16.6. The molecule has 0 radical (unpaired) electrons. The Hall–Kier alpha value is -4.16. The van der Waals surface area contributed by atoms with E-state index in [1.807, 2.05) is 91.5 Å². The number of nitrogens with one attached hydrogen (secondary N) is 3. The Bertz CT molecular complexity index is 1630. The predicted octanol–water partition coefficient (Wildman–Crippen LogP) is 6.75. The second-order valence-electron chi connectivity index (χ2n) is 18.6. The van der Waals surface area contributed by atoms with Crippen LogP contribution in [-0.4, -0.2) is 122 Å². The first-order chi connectivity index (χ1) is 26.5. The Morgan fingerprint density at radius 2 is 1.07 bits per heavy atom. The van der Waals surface area contributed by atoms with E-state index in [1.54, 1.807) is 0 Å². The number of benzene rings is 2. The minimum Gasteiger partial charge on any atom is -0.444 e. The third-order valence-electron chi connectivity index (χ3n) is 10.2. The van der Waals surface area contributed by atoms with Crippen LogP contribution < -0.4 is 16.0 Å². The van der Waals surface area contributed by atoms with Crippen LogP contribution in [0.3, 0.4) is 0 Å². The van der Waals surface area contributed by atoms with Crippen LogP contribution in [0.5, 0.6) is 0 Å². The van der Waals surface area contributed by atoms with E-state index in [0.717, 1.165) is 38.5 Å². The SMILES string of the molecule is Cc1cccc([C@H]2CC[C@H](NC(=O)OC(C)(C)C)[C@@H](N(C)C(=O)CN(C)C)C2)c1.Cc1cccc([C@H]2CC[C@H](NC(=O)OC(C)(C)C)[C@@H](NC(=O)CN(C)C)C2)c1. The van der Waals surface area contributed by atoms with Gasteiger partial charge in [-0.05, 0) is 145 Å². The number of carbonyl (C=O) groups is 4. The van der Waals surface area contributed by atoms with E-state index < -0.39 is 23.4 Å². The van der Waals surface area contributed by atoms with Gasteiger partial charge in [0.05, 0.1) is 31.2 Å². The molecule has 6 atom stereocenters. The van der Waals surface area contributed by atoms with E-state index in [0.29, 0.717) is 24.9 Å². The van der Waals surface area contributed by atoms with Crippen LogP contribution in [0.1, 0.15) is 114 Å². The van der Waals surface area contributed by atoms with Crippen molar-refractivity contribution in [2.45, 2.75) is 141 Å². The summed E-state index contributed by atoms with van der Waals surface area (Å²) >= 11 is 0. The second kappa shape index (κ2) is 21.0. The number of hydrogen-bond acceptors (Lipinski definition) is 8. The molecule has 12 heteroatoms. The molecule has 57 heavy (non-hydrogen) atoms. The lowest BCUT2D eigenvalue weighted by Gasteiger charge is -2.42. The molecule has 3 N–H and O–H groups in total. The summed E-state index contributed by atoms with van der Waals surface area (Å²) in [6.07, 6.45) is 4.30. The van der Waals surface area contributed by atoms with Crippen molar-refractivity contribution in [3.63, 3.8) is 0 Å². The zero-order valence-corrected chi connectivity index (χ0v) is 37.0. The van der Waals surface area contributed by atoms with E-state index in [-0.39, 0.29) is 36.0 Å². The number of aryl methyl sites for hydroxylation is 2. The fraction of sp³-hybridized carbons (Fsp3) is 0.644. The van der Waals surface area contributed by atoms with Crippen LogP contribution in [0.25, 0.3) is 0 Å². The number of rotatable bonds is 10. The minimum absolute atomic E-state index is 0.0316. The van der Waals surface area contributed by atoms with Gasteiger partial charge < -0.3 is 40.1 Å². The van der Waals surface area contributed by atoms with Gasteiger partial charge >= 0.3 is 12.2 Å². The maximum atomic E-state index is 12.8. The van der Waals surface area contributed by atoms with Crippen molar-refractivity contribution in [3.05, 3.63) is 70.8 Å². The highest BCUT2D eigenvalue weighted by Gasteiger charge is 2.38.